The molecule has 2 heterocycles. The highest BCUT2D eigenvalue weighted by molar-refractivity contribution is 6.30. The molecule has 1 aromatic heterocycles. The highest BCUT2D eigenvalue weighted by Gasteiger charge is 2.24. The van der Waals surface area contributed by atoms with Crippen molar-refractivity contribution in [2.45, 2.75) is 19.4 Å². The third-order valence-corrected chi connectivity index (χ3v) is 7.13. The van der Waals surface area contributed by atoms with Crippen LogP contribution in [0.1, 0.15) is 18.1 Å². The molecule has 3 aromatic rings. The number of pyridine rings is 1. The summed E-state index contributed by atoms with van der Waals surface area (Å²) in [7, 11) is 0. The minimum absolute atomic E-state index is 0.0837. The van der Waals surface area contributed by atoms with Gasteiger partial charge in [0.15, 0.2) is 0 Å². The maximum atomic E-state index is 13.2. The summed E-state index contributed by atoms with van der Waals surface area (Å²) >= 11 is 5.94. The van der Waals surface area contributed by atoms with E-state index in [2.05, 4.69) is 26.5 Å². The summed E-state index contributed by atoms with van der Waals surface area (Å²) in [6, 6.07) is 17.6. The van der Waals surface area contributed by atoms with Crippen LogP contribution in [0.15, 0.2) is 96.1 Å². The number of carboxylic acids is 1. The molecule has 0 saturated carbocycles. The van der Waals surface area contributed by atoms with E-state index in [4.69, 9.17) is 21.7 Å². The first-order valence-electron chi connectivity index (χ1n) is 13.7. The Kier molecular flexibility index (Phi) is 10.7. The second kappa shape index (κ2) is 14.8. The molecule has 1 atom stereocenters. The van der Waals surface area contributed by atoms with Gasteiger partial charge in [-0.05, 0) is 72.7 Å². The van der Waals surface area contributed by atoms with E-state index in [1.54, 1.807) is 55.6 Å². The zero-order valence-corrected chi connectivity index (χ0v) is 24.8. The first-order chi connectivity index (χ1) is 21.1. The standard InChI is InChI=1S/C32H32ClN5O6/c1-21(30(39)36-27(31(40)41)20-23-6-10-25(33)11-7-23)19-29(35-22(2)24-8-12-26(13-9-24)44-32(42)43)38-17-15-37(16-18-38)28-5-3-4-14-34-28/h3-14,19,27H,2,15-18,20H2,1H3,(H,36,39)(H,40,41)(H,42,43)/b21-19+,35-29?. The van der Waals surface area contributed by atoms with Crippen LogP contribution in [0.25, 0.3) is 5.70 Å². The fraction of sp³-hybridized carbons (Fsp3) is 0.219. The number of nitrogens with one attached hydrogen (secondary N) is 1. The maximum Gasteiger partial charge on any atom is 0.511 e. The van der Waals surface area contributed by atoms with Crippen molar-refractivity contribution in [3.05, 3.63) is 107 Å². The number of carboxylic acid groups (broad SMARTS) is 2. The monoisotopic (exact) mass is 617 g/mol. The number of rotatable bonds is 10. The van der Waals surface area contributed by atoms with E-state index in [0.29, 0.717) is 53.9 Å². The zero-order valence-electron chi connectivity index (χ0n) is 24.0. The highest BCUT2D eigenvalue weighted by atomic mass is 35.5. The Hall–Kier alpha value is -5.16. The topological polar surface area (TPSA) is 145 Å². The van der Waals surface area contributed by atoms with Crippen LogP contribution in [-0.4, -0.2) is 76.2 Å². The molecule has 0 bridgehead atoms. The molecule has 1 saturated heterocycles. The Morgan fingerprint density at radius 2 is 1.73 bits per heavy atom. The van der Waals surface area contributed by atoms with Crippen LogP contribution in [0.4, 0.5) is 10.6 Å². The smallest absolute Gasteiger partial charge is 0.480 e. The Morgan fingerprint density at radius 1 is 1.05 bits per heavy atom. The minimum atomic E-state index is -1.42. The molecule has 1 unspecified atom stereocenters. The van der Waals surface area contributed by atoms with Crippen molar-refractivity contribution in [2.75, 3.05) is 31.1 Å². The number of hydrogen-bond acceptors (Lipinski definition) is 7. The van der Waals surface area contributed by atoms with Gasteiger partial charge in [-0.1, -0.05) is 36.4 Å². The molecular formula is C32H32ClN5O6. The molecule has 1 amide bonds. The third kappa shape index (κ3) is 8.92. The van der Waals surface area contributed by atoms with Crippen molar-refractivity contribution in [2.24, 2.45) is 4.99 Å². The number of amides is 1. The van der Waals surface area contributed by atoms with Gasteiger partial charge in [0.1, 0.15) is 23.4 Å². The molecule has 1 aliphatic rings. The molecule has 3 N–H and O–H groups in total. The Balaban J connectivity index is 1.55. The second-order valence-electron chi connectivity index (χ2n) is 9.99. The molecule has 0 aliphatic carbocycles. The number of ether oxygens (including phenoxy) is 1. The fourth-order valence-electron chi connectivity index (χ4n) is 4.51. The zero-order chi connectivity index (χ0) is 31.6. The Morgan fingerprint density at radius 3 is 2.32 bits per heavy atom. The number of aliphatic imine (C=N–C) groups is 1. The lowest BCUT2D eigenvalue weighted by Crippen LogP contribution is -2.49. The number of carbonyl (C=O) groups is 3. The predicted molar refractivity (Wildman–Crippen MR) is 168 cm³/mol. The van der Waals surface area contributed by atoms with Gasteiger partial charge in [0.2, 0.25) is 5.91 Å². The average Bonchev–Trinajstić information content (AvgIpc) is 3.01. The normalized spacial score (nSPS) is 14.5. The number of aliphatic carboxylic acids is 1. The molecule has 44 heavy (non-hydrogen) atoms. The van der Waals surface area contributed by atoms with Gasteiger partial charge in [-0.25, -0.2) is 19.6 Å². The summed E-state index contributed by atoms with van der Waals surface area (Å²) in [5.41, 5.74) is 1.98. The second-order valence-corrected chi connectivity index (χ2v) is 10.4. The Bertz CT molecular complexity index is 1550. The fourth-order valence-corrected chi connectivity index (χ4v) is 4.63. The predicted octanol–water partition coefficient (Wildman–Crippen LogP) is 4.74. The number of anilines is 1. The van der Waals surface area contributed by atoms with Gasteiger partial charge in [0.25, 0.3) is 0 Å². The average molecular weight is 618 g/mol. The Labute approximate surface area is 259 Å². The molecule has 228 valence electrons. The van der Waals surface area contributed by atoms with Crippen molar-refractivity contribution in [1.82, 2.24) is 15.2 Å². The number of nitrogens with zero attached hydrogens (tertiary/aromatic N) is 4. The van der Waals surface area contributed by atoms with Crippen LogP contribution in [-0.2, 0) is 16.0 Å². The number of benzene rings is 2. The lowest BCUT2D eigenvalue weighted by Gasteiger charge is -2.36. The van der Waals surface area contributed by atoms with Gasteiger partial charge in [-0.2, -0.15) is 0 Å². The summed E-state index contributed by atoms with van der Waals surface area (Å²) in [6.45, 7) is 8.14. The van der Waals surface area contributed by atoms with E-state index in [1.807, 2.05) is 23.1 Å². The van der Waals surface area contributed by atoms with Crippen LogP contribution in [0, 0.1) is 0 Å². The summed E-state index contributed by atoms with van der Waals surface area (Å²) in [6.07, 6.45) is 2.02. The number of piperazine rings is 1. The lowest BCUT2D eigenvalue weighted by molar-refractivity contribution is -0.141. The number of aromatic nitrogens is 1. The van der Waals surface area contributed by atoms with Crippen LogP contribution in [0.3, 0.4) is 0 Å². The molecule has 0 radical (unpaired) electrons. The van der Waals surface area contributed by atoms with Gasteiger partial charge in [0.05, 0.1) is 5.70 Å². The van der Waals surface area contributed by atoms with Crippen molar-refractivity contribution < 1.29 is 29.3 Å². The van der Waals surface area contributed by atoms with Crippen molar-refractivity contribution in [1.29, 1.82) is 0 Å². The van der Waals surface area contributed by atoms with Gasteiger partial charge < -0.3 is 30.1 Å². The molecule has 1 aliphatic heterocycles. The first-order valence-corrected chi connectivity index (χ1v) is 14.1. The van der Waals surface area contributed by atoms with E-state index >= 15 is 0 Å². The van der Waals surface area contributed by atoms with Crippen molar-refractivity contribution in [3.8, 4) is 5.75 Å². The van der Waals surface area contributed by atoms with Crippen LogP contribution in [0.2, 0.25) is 5.02 Å². The van der Waals surface area contributed by atoms with E-state index in [1.165, 1.54) is 12.1 Å². The van der Waals surface area contributed by atoms with Gasteiger partial charge in [0, 0.05) is 49.4 Å². The lowest BCUT2D eigenvalue weighted by atomic mass is 10.1. The summed E-state index contributed by atoms with van der Waals surface area (Å²) in [5.74, 6) is -0.219. The largest absolute Gasteiger partial charge is 0.511 e. The van der Waals surface area contributed by atoms with Crippen LogP contribution in [0.5, 0.6) is 5.75 Å². The first kappa shape index (κ1) is 31.8. The minimum Gasteiger partial charge on any atom is -0.480 e. The van der Waals surface area contributed by atoms with E-state index in [-0.39, 0.29) is 17.7 Å². The molecule has 1 fully saturated rings. The van der Waals surface area contributed by atoms with Gasteiger partial charge in [-0.15, -0.1) is 0 Å². The van der Waals surface area contributed by atoms with E-state index < -0.39 is 24.1 Å². The molecule has 0 spiro atoms. The number of hydrogen-bond donors (Lipinski definition) is 3. The molecule has 2 aromatic carbocycles. The summed E-state index contributed by atoms with van der Waals surface area (Å²) in [4.78, 5) is 49.4. The number of amidine groups is 1. The molecule has 11 nitrogen and oxygen atoms in total. The van der Waals surface area contributed by atoms with Gasteiger partial charge >= 0.3 is 12.1 Å². The van der Waals surface area contributed by atoms with Crippen molar-refractivity contribution in [3.63, 3.8) is 0 Å². The van der Waals surface area contributed by atoms with Crippen LogP contribution < -0.4 is 15.0 Å². The quantitative estimate of drug-likeness (QED) is 0.0965. The van der Waals surface area contributed by atoms with Gasteiger partial charge in [-0.3, -0.25) is 4.79 Å². The molecular weight excluding hydrogens is 586 g/mol. The van der Waals surface area contributed by atoms with E-state index in [0.717, 1.165) is 5.82 Å². The third-order valence-electron chi connectivity index (χ3n) is 6.88. The number of halogens is 1. The summed E-state index contributed by atoms with van der Waals surface area (Å²) in [5, 5.41) is 21.8. The van der Waals surface area contributed by atoms with E-state index in [9.17, 15) is 19.5 Å². The summed E-state index contributed by atoms with van der Waals surface area (Å²) < 4.78 is 4.67. The number of carbonyl (C=O) groups excluding carboxylic acids is 1. The molecule has 12 heteroatoms. The van der Waals surface area contributed by atoms with Crippen molar-refractivity contribution >= 4 is 47.0 Å². The molecule has 4 rings (SSSR count). The SMILES string of the molecule is C=C(N=C(/C=C(\C)C(=O)NC(Cc1ccc(Cl)cc1)C(=O)O)N1CCN(c2ccccn2)CC1)c1ccc(OC(=O)O)cc1. The maximum absolute atomic E-state index is 13.2. The highest BCUT2D eigenvalue weighted by Crippen LogP contribution is 2.21. The van der Waals surface area contributed by atoms with Crippen LogP contribution >= 0.6 is 11.6 Å².